The Hall–Kier alpha value is -2.95. The maximum atomic E-state index is 12.8. The molecule has 120 valence electrons. The maximum Gasteiger partial charge on any atom is 0.331 e. The van der Waals surface area contributed by atoms with E-state index in [4.69, 9.17) is 0 Å². The Morgan fingerprint density at radius 1 is 1.17 bits per heavy atom. The summed E-state index contributed by atoms with van der Waals surface area (Å²) in [6.45, 7) is 4.49. The van der Waals surface area contributed by atoms with E-state index in [2.05, 4.69) is 34.5 Å². The molecule has 0 saturated heterocycles. The number of H-pyrrole nitrogens is 1. The molecule has 2 heterocycles. The van der Waals surface area contributed by atoms with Crippen molar-refractivity contribution in [3.63, 3.8) is 0 Å². The summed E-state index contributed by atoms with van der Waals surface area (Å²) >= 11 is 0. The summed E-state index contributed by atoms with van der Waals surface area (Å²) in [5.74, 6) is 0. The molecule has 0 spiro atoms. The molecule has 0 unspecified atom stereocenters. The normalized spacial score (nSPS) is 11.4. The lowest BCUT2D eigenvalue weighted by atomic mass is 10.0. The zero-order chi connectivity index (χ0) is 16.7. The van der Waals surface area contributed by atoms with Gasteiger partial charge in [0.25, 0.3) is 11.8 Å². The number of fused-ring (bicyclic) bond motifs is 2. The first-order valence-corrected chi connectivity index (χ1v) is 8.14. The molecular formula is C19H19N4O+. The number of nitrogens with one attached hydrogen (secondary N) is 1. The van der Waals surface area contributed by atoms with Gasteiger partial charge in [0.05, 0.1) is 0 Å². The van der Waals surface area contributed by atoms with Gasteiger partial charge in [-0.15, -0.1) is 4.52 Å². The molecule has 0 aliphatic carbocycles. The average molecular weight is 319 g/mol. The van der Waals surface area contributed by atoms with Gasteiger partial charge in [0.2, 0.25) is 0 Å². The lowest BCUT2D eigenvalue weighted by Crippen LogP contribution is -2.35. The smallest absolute Gasteiger partial charge is 0.282 e. The van der Waals surface area contributed by atoms with Crippen molar-refractivity contribution in [2.24, 2.45) is 0 Å². The minimum atomic E-state index is 0.0477. The number of aromatic amines is 1. The van der Waals surface area contributed by atoms with Crippen LogP contribution in [0.3, 0.4) is 0 Å². The summed E-state index contributed by atoms with van der Waals surface area (Å²) in [5.41, 5.74) is 3.48. The second-order valence-electron chi connectivity index (χ2n) is 6.02. The highest BCUT2D eigenvalue weighted by atomic mass is 16.1. The summed E-state index contributed by atoms with van der Waals surface area (Å²) < 4.78 is 3.49. The minimum absolute atomic E-state index is 0.0477. The van der Waals surface area contributed by atoms with Gasteiger partial charge >= 0.3 is 5.65 Å². The standard InChI is InChI=1S/C19H18N4O/c1-3-16-13(2)21-23-12-20-22(19(23)18(16)24)11-15-9-6-8-14-7-4-5-10-17(14)15/h4-10,12H,3,11H2,1-2H3/p+1. The van der Waals surface area contributed by atoms with E-state index in [1.165, 1.54) is 10.8 Å². The predicted octanol–water partition coefficient (Wildman–Crippen LogP) is 2.38. The monoisotopic (exact) mass is 319 g/mol. The van der Waals surface area contributed by atoms with Crippen LogP contribution < -0.4 is 9.94 Å². The molecule has 5 nitrogen and oxygen atoms in total. The van der Waals surface area contributed by atoms with Gasteiger partial charge in [-0.1, -0.05) is 54.1 Å². The topological polar surface area (TPSA) is 54.8 Å². The maximum absolute atomic E-state index is 12.8. The predicted molar refractivity (Wildman–Crippen MR) is 93.2 cm³/mol. The lowest BCUT2D eigenvalue weighted by Gasteiger charge is -2.04. The Morgan fingerprint density at radius 3 is 2.79 bits per heavy atom. The molecular weight excluding hydrogens is 300 g/mol. The summed E-state index contributed by atoms with van der Waals surface area (Å²) in [7, 11) is 0. The zero-order valence-corrected chi connectivity index (χ0v) is 13.8. The highest BCUT2D eigenvalue weighted by Gasteiger charge is 2.20. The molecule has 1 N–H and O–H groups in total. The molecule has 24 heavy (non-hydrogen) atoms. The first-order chi connectivity index (χ1) is 11.7. The van der Waals surface area contributed by atoms with Crippen molar-refractivity contribution in [2.45, 2.75) is 26.8 Å². The quantitative estimate of drug-likeness (QED) is 0.590. The Kier molecular flexibility index (Phi) is 3.41. The van der Waals surface area contributed by atoms with Crippen molar-refractivity contribution in [3.8, 4) is 0 Å². The van der Waals surface area contributed by atoms with Crippen molar-refractivity contribution >= 4 is 16.4 Å². The Morgan fingerprint density at radius 2 is 1.96 bits per heavy atom. The second kappa shape index (κ2) is 5.60. The fourth-order valence-electron chi connectivity index (χ4n) is 3.34. The number of hydrogen-bond donors (Lipinski definition) is 1. The molecule has 0 fully saturated rings. The number of aryl methyl sites for hydroxylation is 1. The van der Waals surface area contributed by atoms with Crippen LogP contribution in [0.15, 0.2) is 53.6 Å². The van der Waals surface area contributed by atoms with Crippen LogP contribution in [0.25, 0.3) is 16.4 Å². The number of aromatic nitrogens is 4. The van der Waals surface area contributed by atoms with Crippen LogP contribution in [0.4, 0.5) is 0 Å². The highest BCUT2D eigenvalue weighted by molar-refractivity contribution is 5.85. The SMILES string of the molecule is CCc1c(C)[nH][n+]2cnn(Cc3cccc4ccccc34)c2c1=O. The van der Waals surface area contributed by atoms with Gasteiger partial charge in [0.1, 0.15) is 6.54 Å². The molecule has 0 aliphatic heterocycles. The van der Waals surface area contributed by atoms with E-state index in [-0.39, 0.29) is 5.43 Å². The number of benzene rings is 2. The fraction of sp³-hybridized carbons (Fsp3) is 0.211. The molecule has 4 rings (SSSR count). The summed E-state index contributed by atoms with van der Waals surface area (Å²) in [6.07, 6.45) is 2.37. The summed E-state index contributed by atoms with van der Waals surface area (Å²) in [5, 5.41) is 10.0. The molecule has 0 atom stereocenters. The molecule has 2 aromatic carbocycles. The third kappa shape index (κ3) is 2.21. The van der Waals surface area contributed by atoms with Crippen LogP contribution >= 0.6 is 0 Å². The van der Waals surface area contributed by atoms with E-state index < -0.39 is 0 Å². The molecule has 0 bridgehead atoms. The molecule has 2 aromatic heterocycles. The van der Waals surface area contributed by atoms with E-state index in [1.54, 1.807) is 15.5 Å². The Bertz CT molecular complexity index is 1100. The van der Waals surface area contributed by atoms with Crippen LogP contribution in [-0.2, 0) is 13.0 Å². The van der Waals surface area contributed by atoms with E-state index >= 15 is 0 Å². The largest absolute Gasteiger partial charge is 0.331 e. The van der Waals surface area contributed by atoms with Gasteiger partial charge in [-0.25, -0.2) is 5.10 Å². The van der Waals surface area contributed by atoms with Crippen molar-refractivity contribution in [1.29, 1.82) is 0 Å². The van der Waals surface area contributed by atoms with E-state index in [1.807, 2.05) is 32.0 Å². The van der Waals surface area contributed by atoms with Crippen molar-refractivity contribution in [3.05, 3.63) is 75.8 Å². The number of hydrogen-bond acceptors (Lipinski definition) is 2. The van der Waals surface area contributed by atoms with Gasteiger partial charge in [-0.3, -0.25) is 4.79 Å². The van der Waals surface area contributed by atoms with Crippen molar-refractivity contribution in [2.75, 3.05) is 0 Å². The van der Waals surface area contributed by atoms with E-state index in [0.29, 0.717) is 18.6 Å². The van der Waals surface area contributed by atoms with Gasteiger partial charge in [0.15, 0.2) is 0 Å². The number of nitrogens with zero attached hydrogens (tertiary/aromatic N) is 3. The number of rotatable bonds is 3. The van der Waals surface area contributed by atoms with Gasteiger partial charge < -0.3 is 0 Å². The Labute approximate surface area is 139 Å². The summed E-state index contributed by atoms with van der Waals surface area (Å²) in [6, 6.07) is 14.5. The molecule has 0 amide bonds. The third-order valence-electron chi connectivity index (χ3n) is 4.55. The van der Waals surface area contributed by atoms with Crippen LogP contribution in [-0.4, -0.2) is 14.9 Å². The zero-order valence-electron chi connectivity index (χ0n) is 13.8. The van der Waals surface area contributed by atoms with Crippen LogP contribution in [0.5, 0.6) is 0 Å². The molecule has 0 saturated carbocycles. The van der Waals surface area contributed by atoms with E-state index in [9.17, 15) is 4.79 Å². The molecule has 0 radical (unpaired) electrons. The van der Waals surface area contributed by atoms with Crippen LogP contribution in [0, 0.1) is 6.92 Å². The lowest BCUT2D eigenvalue weighted by molar-refractivity contribution is -0.582. The van der Waals surface area contributed by atoms with Gasteiger partial charge in [0, 0.05) is 16.4 Å². The molecule has 5 heteroatoms. The minimum Gasteiger partial charge on any atom is -0.282 e. The average Bonchev–Trinajstić information content (AvgIpc) is 2.98. The summed E-state index contributed by atoms with van der Waals surface area (Å²) in [4.78, 5) is 12.8. The highest BCUT2D eigenvalue weighted by Crippen LogP contribution is 2.19. The van der Waals surface area contributed by atoms with E-state index in [0.717, 1.165) is 16.8 Å². The van der Waals surface area contributed by atoms with Crippen LogP contribution in [0.2, 0.25) is 0 Å². The first-order valence-electron chi connectivity index (χ1n) is 8.14. The van der Waals surface area contributed by atoms with Crippen molar-refractivity contribution in [1.82, 2.24) is 14.9 Å². The second-order valence-corrected chi connectivity index (χ2v) is 6.02. The van der Waals surface area contributed by atoms with Crippen LogP contribution in [0.1, 0.15) is 23.7 Å². The first kappa shape index (κ1) is 14.6. The van der Waals surface area contributed by atoms with Gasteiger partial charge in [-0.2, -0.15) is 0 Å². The molecule has 0 aliphatic rings. The van der Waals surface area contributed by atoms with Crippen molar-refractivity contribution < 1.29 is 4.52 Å². The van der Waals surface area contributed by atoms with Gasteiger partial charge in [-0.05, 0) is 29.7 Å². The third-order valence-corrected chi connectivity index (χ3v) is 4.55. The Balaban J connectivity index is 1.90. The fourth-order valence-corrected chi connectivity index (χ4v) is 3.34. The molecule has 4 aromatic rings.